The Labute approximate surface area is 135 Å². The number of nitrogens with one attached hydrogen (secondary N) is 1. The molecule has 3 rings (SSSR count). The fourth-order valence-corrected chi connectivity index (χ4v) is 4.03. The molecule has 1 N–H and O–H groups in total. The average molecular weight is 318 g/mol. The van der Waals surface area contributed by atoms with Gasteiger partial charge in [-0.05, 0) is 18.8 Å². The predicted molar refractivity (Wildman–Crippen MR) is 80.7 cm³/mol. The summed E-state index contributed by atoms with van der Waals surface area (Å²) >= 11 is 0. The van der Waals surface area contributed by atoms with E-state index in [1.165, 1.54) is 0 Å². The van der Waals surface area contributed by atoms with Crippen molar-refractivity contribution in [3.05, 3.63) is 0 Å². The van der Waals surface area contributed by atoms with Gasteiger partial charge in [-0.15, -0.1) is 0 Å². The highest BCUT2D eigenvalue weighted by molar-refractivity contribution is 5.90. The van der Waals surface area contributed by atoms with Crippen LogP contribution in [0.15, 0.2) is 0 Å². The molecule has 7 nitrogen and oxygen atoms in total. The maximum Gasteiger partial charge on any atom is 0.243 e. The molecule has 1 unspecified atom stereocenters. The van der Waals surface area contributed by atoms with Crippen molar-refractivity contribution in [3.63, 3.8) is 0 Å². The van der Waals surface area contributed by atoms with Gasteiger partial charge in [-0.25, -0.2) is 0 Å². The minimum atomic E-state index is -0.843. The molecule has 23 heavy (non-hydrogen) atoms. The van der Waals surface area contributed by atoms with Crippen molar-refractivity contribution in [2.24, 2.45) is 17.3 Å². The minimum Gasteiger partial charge on any atom is -0.359 e. The molecule has 0 aromatic carbocycles. The van der Waals surface area contributed by atoms with Gasteiger partial charge in [0.2, 0.25) is 17.7 Å². The second-order valence-corrected chi connectivity index (χ2v) is 7.13. The Kier molecular flexibility index (Phi) is 3.78. The van der Waals surface area contributed by atoms with Crippen LogP contribution in [-0.2, 0) is 14.4 Å². The highest BCUT2D eigenvalue weighted by Gasteiger charge is 2.53. The summed E-state index contributed by atoms with van der Waals surface area (Å²) in [5, 5.41) is 11.9. The van der Waals surface area contributed by atoms with E-state index in [2.05, 4.69) is 11.4 Å². The van der Waals surface area contributed by atoms with Gasteiger partial charge in [-0.1, -0.05) is 6.92 Å². The Balaban J connectivity index is 1.55. The number of carbonyl (C=O) groups excluding carboxylic acids is 3. The first-order valence-corrected chi connectivity index (χ1v) is 8.12. The standard InChI is InChI=1S/C16H22N4O3/c1-10-4-16(5-10,9-17)15(23)19-7-12(8-19)20-6-11(3-13(20)21)14(22)18-2/h10-12H,3-8H2,1-2H3,(H,18,22). The van der Waals surface area contributed by atoms with Gasteiger partial charge in [-0.2, -0.15) is 5.26 Å². The van der Waals surface area contributed by atoms with Crippen LogP contribution in [0.2, 0.25) is 0 Å². The number of nitrogens with zero attached hydrogens (tertiary/aromatic N) is 3. The number of carbonyl (C=O) groups is 3. The Morgan fingerprint density at radius 2 is 1.96 bits per heavy atom. The number of rotatable bonds is 3. The lowest BCUT2D eigenvalue weighted by atomic mass is 9.62. The number of amides is 3. The summed E-state index contributed by atoms with van der Waals surface area (Å²) in [6.45, 7) is 3.42. The lowest BCUT2D eigenvalue weighted by Gasteiger charge is -2.49. The number of nitriles is 1. The van der Waals surface area contributed by atoms with Crippen molar-refractivity contribution in [2.45, 2.75) is 32.2 Å². The molecule has 7 heteroatoms. The maximum absolute atomic E-state index is 12.5. The zero-order valence-corrected chi connectivity index (χ0v) is 13.5. The molecule has 1 atom stereocenters. The zero-order chi connectivity index (χ0) is 16.8. The highest BCUT2D eigenvalue weighted by atomic mass is 16.2. The van der Waals surface area contributed by atoms with Gasteiger partial charge in [0.25, 0.3) is 0 Å². The molecule has 1 aliphatic carbocycles. The first-order valence-electron chi connectivity index (χ1n) is 8.12. The third-order valence-corrected chi connectivity index (χ3v) is 5.38. The molecule has 2 heterocycles. The van der Waals surface area contributed by atoms with Crippen molar-refractivity contribution in [1.29, 1.82) is 5.26 Å². The van der Waals surface area contributed by atoms with Crippen LogP contribution in [-0.4, -0.2) is 60.2 Å². The van der Waals surface area contributed by atoms with Gasteiger partial charge in [0.1, 0.15) is 5.41 Å². The fraction of sp³-hybridized carbons (Fsp3) is 0.750. The molecular weight excluding hydrogens is 296 g/mol. The molecule has 0 aromatic rings. The van der Waals surface area contributed by atoms with Crippen LogP contribution in [0.4, 0.5) is 0 Å². The summed E-state index contributed by atoms with van der Waals surface area (Å²) in [4.78, 5) is 39.6. The van der Waals surface area contributed by atoms with Crippen molar-refractivity contribution < 1.29 is 14.4 Å². The van der Waals surface area contributed by atoms with Crippen LogP contribution in [0.3, 0.4) is 0 Å². The quantitative estimate of drug-likeness (QED) is 0.775. The number of hydrogen-bond acceptors (Lipinski definition) is 4. The van der Waals surface area contributed by atoms with Gasteiger partial charge < -0.3 is 15.1 Å². The average Bonchev–Trinajstić information content (AvgIpc) is 2.83. The van der Waals surface area contributed by atoms with Crippen LogP contribution < -0.4 is 5.32 Å². The molecule has 0 aromatic heterocycles. The summed E-state index contributed by atoms with van der Waals surface area (Å²) in [6, 6.07) is 2.17. The smallest absolute Gasteiger partial charge is 0.243 e. The SMILES string of the molecule is CNC(=O)C1CC(=O)N(C2CN(C(=O)C3(C#N)CC(C)C3)C2)C1. The maximum atomic E-state index is 12.5. The van der Waals surface area contributed by atoms with Crippen molar-refractivity contribution >= 4 is 17.7 Å². The Morgan fingerprint density at radius 3 is 2.48 bits per heavy atom. The van der Waals surface area contributed by atoms with E-state index >= 15 is 0 Å². The summed E-state index contributed by atoms with van der Waals surface area (Å²) in [6.07, 6.45) is 1.50. The Morgan fingerprint density at radius 1 is 1.30 bits per heavy atom. The lowest BCUT2D eigenvalue weighted by molar-refractivity contribution is -0.155. The van der Waals surface area contributed by atoms with Gasteiger partial charge in [0, 0.05) is 33.1 Å². The first kappa shape index (κ1) is 15.8. The second kappa shape index (κ2) is 5.52. The normalized spacial score (nSPS) is 33.7. The van der Waals surface area contributed by atoms with E-state index in [1.807, 2.05) is 6.92 Å². The molecule has 3 amide bonds. The van der Waals surface area contributed by atoms with Crippen LogP contribution in [0, 0.1) is 28.6 Å². The van der Waals surface area contributed by atoms with Crippen molar-refractivity contribution in [3.8, 4) is 6.07 Å². The topological polar surface area (TPSA) is 93.5 Å². The second-order valence-electron chi connectivity index (χ2n) is 7.13. The third-order valence-electron chi connectivity index (χ3n) is 5.38. The van der Waals surface area contributed by atoms with Gasteiger partial charge >= 0.3 is 0 Å². The molecule has 3 fully saturated rings. The minimum absolute atomic E-state index is 0.0191. The fourth-order valence-electron chi connectivity index (χ4n) is 4.03. The molecule has 2 aliphatic heterocycles. The van der Waals surface area contributed by atoms with E-state index in [-0.39, 0.29) is 36.1 Å². The molecule has 124 valence electrons. The van der Waals surface area contributed by atoms with Crippen molar-refractivity contribution in [1.82, 2.24) is 15.1 Å². The molecule has 3 aliphatic rings. The summed E-state index contributed by atoms with van der Waals surface area (Å²) in [5.41, 5.74) is -0.843. The molecule has 0 spiro atoms. The van der Waals surface area contributed by atoms with Gasteiger partial charge in [-0.3, -0.25) is 14.4 Å². The summed E-state index contributed by atoms with van der Waals surface area (Å²) in [7, 11) is 1.57. The predicted octanol–water partition coefficient (Wildman–Crippen LogP) is -0.268. The van der Waals surface area contributed by atoms with Crippen LogP contribution in [0.5, 0.6) is 0 Å². The summed E-state index contributed by atoms with van der Waals surface area (Å²) < 4.78 is 0. The van der Waals surface area contributed by atoms with E-state index in [0.29, 0.717) is 38.4 Å². The zero-order valence-electron chi connectivity index (χ0n) is 13.5. The lowest BCUT2D eigenvalue weighted by Crippen LogP contribution is -2.65. The molecule has 1 saturated carbocycles. The van der Waals surface area contributed by atoms with Crippen LogP contribution in [0.1, 0.15) is 26.2 Å². The number of hydrogen-bond donors (Lipinski definition) is 1. The van der Waals surface area contributed by atoms with Gasteiger partial charge in [0.15, 0.2) is 0 Å². The molecule has 2 saturated heterocycles. The van der Waals surface area contributed by atoms with E-state index in [9.17, 15) is 19.6 Å². The first-order chi connectivity index (χ1) is 10.9. The molecule has 0 radical (unpaired) electrons. The van der Waals surface area contributed by atoms with E-state index in [1.54, 1.807) is 16.8 Å². The summed E-state index contributed by atoms with van der Waals surface area (Å²) in [5.74, 6) is -0.105. The Hall–Kier alpha value is -2.10. The largest absolute Gasteiger partial charge is 0.359 e. The third kappa shape index (κ3) is 2.46. The van der Waals surface area contributed by atoms with Crippen LogP contribution in [0.25, 0.3) is 0 Å². The molecule has 0 bridgehead atoms. The van der Waals surface area contributed by atoms with E-state index in [0.717, 1.165) is 0 Å². The highest BCUT2D eigenvalue weighted by Crippen LogP contribution is 2.47. The van der Waals surface area contributed by atoms with Crippen LogP contribution >= 0.6 is 0 Å². The van der Waals surface area contributed by atoms with Crippen molar-refractivity contribution in [2.75, 3.05) is 26.7 Å². The van der Waals surface area contributed by atoms with E-state index < -0.39 is 5.41 Å². The Bertz CT molecular complexity index is 585. The monoisotopic (exact) mass is 318 g/mol. The number of likely N-dealkylation sites (tertiary alicyclic amines) is 2. The van der Waals surface area contributed by atoms with Gasteiger partial charge in [0.05, 0.1) is 18.0 Å². The van der Waals surface area contributed by atoms with E-state index in [4.69, 9.17) is 0 Å². The molecular formula is C16H22N4O3.